The van der Waals surface area contributed by atoms with Crippen molar-refractivity contribution in [2.75, 3.05) is 54.4 Å². The lowest BCUT2D eigenvalue weighted by atomic mass is 9.91. The maximum Gasteiger partial charge on any atom is 0.231 e. The number of piperidine rings is 1. The molecule has 2 fully saturated rings. The molecule has 194 valence electrons. The molecule has 2 saturated heterocycles. The van der Waals surface area contributed by atoms with Crippen LogP contribution >= 0.6 is 0 Å². The van der Waals surface area contributed by atoms with Gasteiger partial charge in [0.1, 0.15) is 6.33 Å². The lowest BCUT2D eigenvalue weighted by molar-refractivity contribution is 0.462. The molecule has 4 aromatic rings. The van der Waals surface area contributed by atoms with Gasteiger partial charge >= 0.3 is 0 Å². The molecule has 0 amide bonds. The smallest absolute Gasteiger partial charge is 0.231 e. The first kappa shape index (κ1) is 24.2. The topological polar surface area (TPSA) is 95.0 Å². The highest BCUT2D eigenvalue weighted by Crippen LogP contribution is 2.26. The van der Waals surface area contributed by atoms with Gasteiger partial charge in [-0.25, -0.2) is 19.9 Å². The molecule has 2 aromatic carbocycles. The maximum absolute atomic E-state index is 4.71. The first-order chi connectivity index (χ1) is 18.8. The fourth-order valence-electron chi connectivity index (χ4n) is 5.18. The Labute approximate surface area is 223 Å². The average molecular weight is 508 g/mol. The van der Waals surface area contributed by atoms with Crippen LogP contribution in [0.2, 0.25) is 0 Å². The quantitative estimate of drug-likeness (QED) is 0.387. The molecule has 0 aliphatic carbocycles. The third-order valence-corrected chi connectivity index (χ3v) is 7.26. The zero-order chi connectivity index (χ0) is 25.6. The van der Waals surface area contributed by atoms with Crippen LogP contribution in [-0.4, -0.2) is 64.2 Å². The van der Waals surface area contributed by atoms with Crippen molar-refractivity contribution in [1.82, 2.24) is 30.2 Å². The predicted octanol–water partition coefficient (Wildman–Crippen LogP) is 3.79. The summed E-state index contributed by atoms with van der Waals surface area (Å²) < 4.78 is 0. The Morgan fingerprint density at radius 2 is 1.61 bits per heavy atom. The van der Waals surface area contributed by atoms with Gasteiger partial charge in [-0.05, 0) is 54.1 Å². The minimum atomic E-state index is 0.555. The van der Waals surface area contributed by atoms with Gasteiger partial charge in [-0.3, -0.25) is 0 Å². The minimum Gasteiger partial charge on any atom is -0.337 e. The number of rotatable bonds is 7. The van der Waals surface area contributed by atoms with E-state index in [9.17, 15) is 0 Å². The summed E-state index contributed by atoms with van der Waals surface area (Å²) in [5.74, 6) is 2.58. The van der Waals surface area contributed by atoms with E-state index in [2.05, 4.69) is 88.9 Å². The van der Waals surface area contributed by atoms with Crippen LogP contribution < -0.4 is 20.4 Å². The molecule has 0 saturated carbocycles. The number of anilines is 4. The summed E-state index contributed by atoms with van der Waals surface area (Å²) in [5.41, 5.74) is 4.73. The van der Waals surface area contributed by atoms with Gasteiger partial charge in [0.05, 0.1) is 0 Å². The maximum atomic E-state index is 4.71. The Morgan fingerprint density at radius 3 is 2.37 bits per heavy atom. The summed E-state index contributed by atoms with van der Waals surface area (Å²) in [6, 6.07) is 19.0. The van der Waals surface area contributed by atoms with E-state index in [0.29, 0.717) is 17.8 Å². The molecule has 0 radical (unpaired) electrons. The zero-order valence-corrected chi connectivity index (χ0v) is 21.5. The van der Waals surface area contributed by atoms with E-state index >= 15 is 0 Å². The number of aromatic nitrogens is 5. The van der Waals surface area contributed by atoms with E-state index in [1.54, 1.807) is 6.33 Å². The van der Waals surface area contributed by atoms with Crippen LogP contribution in [-0.2, 0) is 6.42 Å². The van der Waals surface area contributed by atoms with Crippen molar-refractivity contribution in [2.45, 2.75) is 25.2 Å². The molecule has 38 heavy (non-hydrogen) atoms. The van der Waals surface area contributed by atoms with E-state index in [0.717, 1.165) is 62.9 Å². The monoisotopic (exact) mass is 507 g/mol. The molecule has 2 N–H and O–H groups in total. The summed E-state index contributed by atoms with van der Waals surface area (Å²) in [6.45, 7) is 5.36. The summed E-state index contributed by atoms with van der Waals surface area (Å²) in [7, 11) is 0. The van der Waals surface area contributed by atoms with E-state index in [1.165, 1.54) is 24.0 Å². The second-order valence-corrected chi connectivity index (χ2v) is 9.93. The van der Waals surface area contributed by atoms with Crippen molar-refractivity contribution < 1.29 is 0 Å². The van der Waals surface area contributed by atoms with Gasteiger partial charge in [0, 0.05) is 57.2 Å². The third-order valence-electron chi connectivity index (χ3n) is 7.26. The molecule has 0 bridgehead atoms. The normalized spacial score (nSPS) is 17.8. The molecular formula is C29H33N9. The predicted molar refractivity (Wildman–Crippen MR) is 150 cm³/mol. The largest absolute Gasteiger partial charge is 0.337 e. The van der Waals surface area contributed by atoms with Gasteiger partial charge in [-0.2, -0.15) is 4.98 Å². The van der Waals surface area contributed by atoms with Gasteiger partial charge in [0.2, 0.25) is 17.8 Å². The first-order valence-electron chi connectivity index (χ1n) is 13.4. The molecule has 9 nitrogen and oxygen atoms in total. The van der Waals surface area contributed by atoms with Crippen molar-refractivity contribution in [2.24, 2.45) is 0 Å². The molecule has 1 atom stereocenters. The highest BCUT2D eigenvalue weighted by molar-refractivity contribution is 5.55. The fraction of sp³-hybridized carbons (Fsp3) is 0.345. The molecule has 1 unspecified atom stereocenters. The van der Waals surface area contributed by atoms with E-state index in [-0.39, 0.29) is 0 Å². The van der Waals surface area contributed by atoms with Crippen LogP contribution in [0.5, 0.6) is 0 Å². The third kappa shape index (κ3) is 5.89. The van der Waals surface area contributed by atoms with E-state index < -0.39 is 0 Å². The van der Waals surface area contributed by atoms with Gasteiger partial charge in [-0.1, -0.05) is 42.5 Å². The van der Waals surface area contributed by atoms with Crippen molar-refractivity contribution in [1.29, 1.82) is 0 Å². The fourth-order valence-corrected chi connectivity index (χ4v) is 5.18. The summed E-state index contributed by atoms with van der Waals surface area (Å²) in [6.07, 6.45) is 8.74. The SMILES string of the molecule is c1ccc(Cc2cnc(N3CCN(c4ncnc(Nc5cccc(C6CCCNC6)c5)n4)CC3)nc2)cc1. The number of hydrogen-bond donors (Lipinski definition) is 2. The Hall–Kier alpha value is -4.11. The van der Waals surface area contributed by atoms with Crippen LogP contribution in [0, 0.1) is 0 Å². The van der Waals surface area contributed by atoms with Crippen LogP contribution in [0.4, 0.5) is 23.5 Å². The van der Waals surface area contributed by atoms with Crippen LogP contribution in [0.1, 0.15) is 35.4 Å². The van der Waals surface area contributed by atoms with Gasteiger partial charge in [0.25, 0.3) is 0 Å². The molecule has 2 aromatic heterocycles. The van der Waals surface area contributed by atoms with Gasteiger partial charge in [-0.15, -0.1) is 0 Å². The van der Waals surface area contributed by atoms with Crippen molar-refractivity contribution >= 4 is 23.5 Å². The lowest BCUT2D eigenvalue weighted by Gasteiger charge is -2.34. The molecule has 2 aliphatic rings. The van der Waals surface area contributed by atoms with Crippen molar-refractivity contribution in [3.63, 3.8) is 0 Å². The second-order valence-electron chi connectivity index (χ2n) is 9.93. The van der Waals surface area contributed by atoms with Crippen LogP contribution in [0.3, 0.4) is 0 Å². The average Bonchev–Trinajstić information content (AvgIpc) is 2.99. The minimum absolute atomic E-state index is 0.555. The molecular weight excluding hydrogens is 474 g/mol. The molecule has 9 heteroatoms. The Kier molecular flexibility index (Phi) is 7.35. The second kappa shape index (κ2) is 11.5. The van der Waals surface area contributed by atoms with Gasteiger partial charge in [0.15, 0.2) is 0 Å². The summed E-state index contributed by atoms with van der Waals surface area (Å²) >= 11 is 0. The number of piperazine rings is 1. The lowest BCUT2D eigenvalue weighted by Crippen LogP contribution is -2.47. The Balaban J connectivity index is 1.05. The molecule has 4 heterocycles. The van der Waals surface area contributed by atoms with Crippen molar-refractivity contribution in [3.8, 4) is 0 Å². The standard InChI is InChI=1S/C29H33N9/c1-2-6-22(7-3-1)16-23-18-31-28(32-19-23)37-12-14-38(15-13-37)29-34-21-33-27(36-29)35-26-10-4-8-24(17-26)25-9-5-11-30-20-25/h1-4,6-8,10,17-19,21,25,30H,5,9,11-16,20H2,(H,33,34,35,36). The number of nitrogens with zero attached hydrogens (tertiary/aromatic N) is 7. The van der Waals surface area contributed by atoms with E-state index in [4.69, 9.17) is 4.98 Å². The highest BCUT2D eigenvalue weighted by atomic mass is 15.4. The van der Waals surface area contributed by atoms with Crippen LogP contribution in [0.25, 0.3) is 0 Å². The number of nitrogens with one attached hydrogen (secondary N) is 2. The van der Waals surface area contributed by atoms with E-state index in [1.807, 2.05) is 18.5 Å². The van der Waals surface area contributed by atoms with Gasteiger partial charge < -0.3 is 20.4 Å². The van der Waals surface area contributed by atoms with Crippen molar-refractivity contribution in [3.05, 3.63) is 90.0 Å². The summed E-state index contributed by atoms with van der Waals surface area (Å²) in [5, 5.41) is 6.88. The van der Waals surface area contributed by atoms with Crippen LogP contribution in [0.15, 0.2) is 73.3 Å². The Morgan fingerprint density at radius 1 is 0.816 bits per heavy atom. The summed E-state index contributed by atoms with van der Waals surface area (Å²) in [4.78, 5) is 27.2. The molecule has 0 spiro atoms. The molecule has 2 aliphatic heterocycles. The zero-order valence-electron chi connectivity index (χ0n) is 21.5. The first-order valence-corrected chi connectivity index (χ1v) is 13.4. The highest BCUT2D eigenvalue weighted by Gasteiger charge is 2.21. The Bertz CT molecular complexity index is 1320. The number of benzene rings is 2. The molecule has 6 rings (SSSR count). The number of hydrogen-bond acceptors (Lipinski definition) is 9.